The highest BCUT2D eigenvalue weighted by Gasteiger charge is 2.09. The van der Waals surface area contributed by atoms with Gasteiger partial charge in [-0.05, 0) is 103 Å². The smallest absolute Gasteiger partial charge is 0.00158 e. The van der Waals surface area contributed by atoms with Crippen LogP contribution in [0.15, 0.2) is 55.1 Å². The summed E-state index contributed by atoms with van der Waals surface area (Å²) in [5.41, 5.74) is 6.70. The number of nitrogens with zero attached hydrogens (tertiary/aromatic N) is 1. The summed E-state index contributed by atoms with van der Waals surface area (Å²) >= 11 is 0. The first-order valence-corrected chi connectivity index (χ1v) is 12.0. The number of hydrogen-bond donors (Lipinski definition) is 0. The number of fused-ring (bicyclic) bond motifs is 1. The zero-order valence-electron chi connectivity index (χ0n) is 20.3. The van der Waals surface area contributed by atoms with E-state index in [1.807, 2.05) is 6.08 Å². The first-order chi connectivity index (χ1) is 15.4. The van der Waals surface area contributed by atoms with Crippen LogP contribution in [-0.2, 0) is 12.8 Å². The number of rotatable bonds is 11. The maximum absolute atomic E-state index is 4.50. The molecule has 0 unspecified atom stereocenters. The summed E-state index contributed by atoms with van der Waals surface area (Å²) in [5.74, 6) is 0. The zero-order valence-corrected chi connectivity index (χ0v) is 20.3. The molecule has 0 heterocycles. The fourth-order valence-electron chi connectivity index (χ4n) is 4.81. The SMILES string of the molecule is C=CCCN(CCC)CCCc1cccc2c(=C)c(Cc3ccc(C)cc3C)cc(=C)c12. The van der Waals surface area contributed by atoms with Gasteiger partial charge >= 0.3 is 0 Å². The van der Waals surface area contributed by atoms with Crippen molar-refractivity contribution in [3.8, 4) is 0 Å². The highest BCUT2D eigenvalue weighted by Crippen LogP contribution is 2.18. The van der Waals surface area contributed by atoms with Gasteiger partial charge in [0.25, 0.3) is 0 Å². The Bertz CT molecular complexity index is 1170. The summed E-state index contributed by atoms with van der Waals surface area (Å²) in [6, 6.07) is 15.7. The molecule has 0 atom stereocenters. The van der Waals surface area contributed by atoms with Crippen LogP contribution in [0.5, 0.6) is 0 Å². The van der Waals surface area contributed by atoms with Crippen molar-refractivity contribution in [2.75, 3.05) is 19.6 Å². The van der Waals surface area contributed by atoms with Crippen LogP contribution in [0.25, 0.3) is 23.9 Å². The third kappa shape index (κ3) is 5.78. The molecule has 1 nitrogen and oxygen atoms in total. The van der Waals surface area contributed by atoms with Crippen LogP contribution in [0, 0.1) is 13.8 Å². The van der Waals surface area contributed by atoms with Crippen molar-refractivity contribution in [3.05, 3.63) is 93.4 Å². The average Bonchev–Trinajstić information content (AvgIpc) is 2.77. The fraction of sp³-hybridized carbons (Fsp3) is 0.355. The second-order valence-corrected chi connectivity index (χ2v) is 9.14. The molecule has 0 bridgehead atoms. The number of aryl methyl sites for hydroxylation is 3. The Balaban J connectivity index is 1.84. The first-order valence-electron chi connectivity index (χ1n) is 12.0. The molecule has 168 valence electrons. The van der Waals surface area contributed by atoms with Crippen molar-refractivity contribution < 1.29 is 0 Å². The minimum Gasteiger partial charge on any atom is -0.303 e. The van der Waals surface area contributed by atoms with Crippen LogP contribution in [-0.4, -0.2) is 24.5 Å². The Morgan fingerprint density at radius 3 is 2.44 bits per heavy atom. The van der Waals surface area contributed by atoms with Gasteiger partial charge < -0.3 is 4.90 Å². The molecule has 0 radical (unpaired) electrons. The van der Waals surface area contributed by atoms with Crippen LogP contribution in [0.3, 0.4) is 0 Å². The molecular formula is C31H39N. The summed E-state index contributed by atoms with van der Waals surface area (Å²) in [6.45, 7) is 22.8. The van der Waals surface area contributed by atoms with Gasteiger partial charge in [-0.1, -0.05) is 74.2 Å². The van der Waals surface area contributed by atoms with E-state index in [0.717, 1.165) is 55.8 Å². The summed E-state index contributed by atoms with van der Waals surface area (Å²) < 4.78 is 0. The molecule has 1 heteroatoms. The molecule has 0 aliphatic carbocycles. The standard InChI is InChI=1S/C31H39N/c1-7-9-18-32(17-8-2)19-11-13-27-12-10-14-30-26(6)29(21-25(5)31(27)30)22-28-16-15-23(3)20-24(28)4/h7,10,12,14-16,20-21H,1,5-6,8-9,11,13,17-19,22H2,2-4H3. The third-order valence-electron chi connectivity index (χ3n) is 6.52. The van der Waals surface area contributed by atoms with Crippen molar-refractivity contribution in [2.24, 2.45) is 0 Å². The van der Waals surface area contributed by atoms with Crippen molar-refractivity contribution in [1.29, 1.82) is 0 Å². The largest absolute Gasteiger partial charge is 0.303 e. The summed E-state index contributed by atoms with van der Waals surface area (Å²) in [7, 11) is 0. The molecular weight excluding hydrogens is 386 g/mol. The van der Waals surface area contributed by atoms with E-state index < -0.39 is 0 Å². The summed E-state index contributed by atoms with van der Waals surface area (Å²) in [5, 5.41) is 4.83. The van der Waals surface area contributed by atoms with Crippen LogP contribution in [0.2, 0.25) is 0 Å². The highest BCUT2D eigenvalue weighted by atomic mass is 15.1. The van der Waals surface area contributed by atoms with Crippen LogP contribution in [0.1, 0.15) is 54.0 Å². The minimum absolute atomic E-state index is 0.906. The van der Waals surface area contributed by atoms with Crippen LogP contribution < -0.4 is 10.4 Å². The molecule has 32 heavy (non-hydrogen) atoms. The second kappa shape index (κ2) is 11.3. The fourth-order valence-corrected chi connectivity index (χ4v) is 4.81. The van der Waals surface area contributed by atoms with Gasteiger partial charge in [0.05, 0.1) is 0 Å². The van der Waals surface area contributed by atoms with Gasteiger partial charge in [0.2, 0.25) is 0 Å². The molecule has 0 saturated carbocycles. The number of hydrogen-bond acceptors (Lipinski definition) is 1. The zero-order chi connectivity index (χ0) is 23.1. The van der Waals surface area contributed by atoms with E-state index in [0.29, 0.717) is 0 Å². The Labute approximate surface area is 194 Å². The Morgan fingerprint density at radius 1 is 0.906 bits per heavy atom. The van der Waals surface area contributed by atoms with Gasteiger partial charge in [-0.25, -0.2) is 0 Å². The van der Waals surface area contributed by atoms with E-state index in [1.165, 1.54) is 45.0 Å². The van der Waals surface area contributed by atoms with E-state index >= 15 is 0 Å². The maximum atomic E-state index is 4.50. The van der Waals surface area contributed by atoms with E-state index in [1.54, 1.807) is 0 Å². The van der Waals surface area contributed by atoms with Gasteiger partial charge in [0.15, 0.2) is 0 Å². The molecule has 0 aliphatic heterocycles. The normalized spacial score (nSPS) is 11.4. The maximum Gasteiger partial charge on any atom is 0.00158 e. The Hall–Kier alpha value is -2.64. The monoisotopic (exact) mass is 425 g/mol. The summed E-state index contributed by atoms with van der Waals surface area (Å²) in [4.78, 5) is 2.56. The molecule has 3 aromatic carbocycles. The van der Waals surface area contributed by atoms with Crippen molar-refractivity contribution in [2.45, 2.75) is 52.9 Å². The van der Waals surface area contributed by atoms with Gasteiger partial charge in [-0.2, -0.15) is 0 Å². The van der Waals surface area contributed by atoms with E-state index in [4.69, 9.17) is 0 Å². The Morgan fingerprint density at radius 2 is 1.72 bits per heavy atom. The molecule has 3 rings (SSSR count). The van der Waals surface area contributed by atoms with Gasteiger partial charge in [0, 0.05) is 6.54 Å². The predicted molar refractivity (Wildman–Crippen MR) is 143 cm³/mol. The van der Waals surface area contributed by atoms with E-state index in [2.05, 4.69) is 87.9 Å². The molecule has 0 aromatic heterocycles. The molecule has 0 aliphatic rings. The summed E-state index contributed by atoms with van der Waals surface area (Å²) in [6.07, 6.45) is 7.42. The lowest BCUT2D eigenvalue weighted by molar-refractivity contribution is 0.276. The molecule has 0 amide bonds. The topological polar surface area (TPSA) is 3.24 Å². The minimum atomic E-state index is 0.906. The predicted octanol–water partition coefficient (Wildman–Crippen LogP) is 6.09. The highest BCUT2D eigenvalue weighted by molar-refractivity contribution is 5.87. The van der Waals surface area contributed by atoms with Crippen molar-refractivity contribution in [3.63, 3.8) is 0 Å². The lowest BCUT2D eigenvalue weighted by atomic mass is 9.92. The second-order valence-electron chi connectivity index (χ2n) is 9.14. The van der Waals surface area contributed by atoms with Crippen LogP contribution in [0.4, 0.5) is 0 Å². The Kier molecular flexibility index (Phi) is 8.47. The molecule has 0 saturated heterocycles. The van der Waals surface area contributed by atoms with Gasteiger partial charge in [-0.15, -0.1) is 6.58 Å². The lowest BCUT2D eigenvalue weighted by Crippen LogP contribution is -2.27. The van der Waals surface area contributed by atoms with Gasteiger partial charge in [0.1, 0.15) is 0 Å². The molecule has 3 aromatic rings. The van der Waals surface area contributed by atoms with Crippen molar-refractivity contribution >= 4 is 23.9 Å². The molecule has 0 spiro atoms. The third-order valence-corrected chi connectivity index (χ3v) is 6.52. The first kappa shape index (κ1) is 24.0. The van der Waals surface area contributed by atoms with Crippen LogP contribution >= 0.6 is 0 Å². The molecule has 0 N–H and O–H groups in total. The van der Waals surface area contributed by atoms with Gasteiger partial charge in [-0.3, -0.25) is 0 Å². The molecule has 0 fully saturated rings. The van der Waals surface area contributed by atoms with E-state index in [9.17, 15) is 0 Å². The quantitative estimate of drug-likeness (QED) is 0.336. The van der Waals surface area contributed by atoms with E-state index in [-0.39, 0.29) is 0 Å². The average molecular weight is 426 g/mol. The number of benzene rings is 3. The van der Waals surface area contributed by atoms with Crippen molar-refractivity contribution in [1.82, 2.24) is 4.90 Å². The lowest BCUT2D eigenvalue weighted by Gasteiger charge is -2.21.